The third-order valence-electron chi connectivity index (χ3n) is 2.65. The first-order chi connectivity index (χ1) is 7.91. The predicted molar refractivity (Wildman–Crippen MR) is 66.0 cm³/mol. The zero-order valence-corrected chi connectivity index (χ0v) is 10.8. The Balaban J connectivity index is 2.66. The summed E-state index contributed by atoms with van der Waals surface area (Å²) in [5.74, 6) is -0.938. The largest absolute Gasteiger partial charge is 0.309 e. The van der Waals surface area contributed by atoms with Crippen molar-refractivity contribution in [2.24, 2.45) is 0 Å². The molecule has 0 aromatic heterocycles. The fourth-order valence-electron chi connectivity index (χ4n) is 1.77. The lowest BCUT2D eigenvalue weighted by atomic mass is 10.1. The molecule has 0 heterocycles. The highest BCUT2D eigenvalue weighted by Crippen LogP contribution is 2.16. The van der Waals surface area contributed by atoms with E-state index in [1.165, 1.54) is 12.1 Å². The van der Waals surface area contributed by atoms with Gasteiger partial charge in [0, 0.05) is 24.7 Å². The summed E-state index contributed by atoms with van der Waals surface area (Å²) in [5.41, 5.74) is 0.596. The van der Waals surface area contributed by atoms with Crippen molar-refractivity contribution in [2.75, 3.05) is 20.6 Å². The monoisotopic (exact) mass is 242 g/mol. The van der Waals surface area contributed by atoms with Gasteiger partial charge in [-0.15, -0.1) is 0 Å². The lowest BCUT2D eigenvalue weighted by molar-refractivity contribution is 0.346. The van der Waals surface area contributed by atoms with Crippen molar-refractivity contribution in [3.8, 4) is 0 Å². The molecule has 1 unspecified atom stereocenters. The molecule has 0 amide bonds. The lowest BCUT2D eigenvalue weighted by Crippen LogP contribution is -2.35. The molecular weight excluding hydrogens is 222 g/mol. The van der Waals surface area contributed by atoms with E-state index in [4.69, 9.17) is 0 Å². The van der Waals surface area contributed by atoms with Crippen molar-refractivity contribution in [2.45, 2.75) is 26.4 Å². The Morgan fingerprint density at radius 2 is 1.94 bits per heavy atom. The second-order valence-corrected chi connectivity index (χ2v) is 4.70. The van der Waals surface area contributed by atoms with Crippen LogP contribution in [0.3, 0.4) is 0 Å². The summed E-state index contributed by atoms with van der Waals surface area (Å²) in [6.07, 6.45) is 0. The first-order valence-electron chi connectivity index (χ1n) is 5.73. The van der Waals surface area contributed by atoms with Crippen molar-refractivity contribution in [1.82, 2.24) is 10.2 Å². The van der Waals surface area contributed by atoms with Gasteiger partial charge in [-0.05, 0) is 39.6 Å². The van der Waals surface area contributed by atoms with Crippen molar-refractivity contribution >= 4 is 0 Å². The molecule has 1 N–H and O–H groups in total. The van der Waals surface area contributed by atoms with Crippen LogP contribution in [0.2, 0.25) is 0 Å². The molecule has 0 saturated carbocycles. The third kappa shape index (κ3) is 4.06. The number of halogens is 2. The molecule has 0 radical (unpaired) electrons. The van der Waals surface area contributed by atoms with Gasteiger partial charge in [-0.25, -0.2) is 8.78 Å². The number of nitrogens with zero attached hydrogens (tertiary/aromatic N) is 1. The predicted octanol–water partition coefficient (Wildman–Crippen LogP) is 2.31. The summed E-state index contributed by atoms with van der Waals surface area (Å²) >= 11 is 0. The molecule has 2 nitrogen and oxygen atoms in total. The van der Waals surface area contributed by atoms with Crippen LogP contribution in [0, 0.1) is 18.6 Å². The fraction of sp³-hybridized carbons (Fsp3) is 0.538. The summed E-state index contributed by atoms with van der Waals surface area (Å²) in [4.78, 5) is 2.03. The van der Waals surface area contributed by atoms with Gasteiger partial charge in [-0.3, -0.25) is 0 Å². The summed E-state index contributed by atoms with van der Waals surface area (Å²) in [5, 5.41) is 3.12. The lowest BCUT2D eigenvalue weighted by Gasteiger charge is -2.19. The maximum absolute atomic E-state index is 13.7. The normalized spacial score (nSPS) is 13.1. The van der Waals surface area contributed by atoms with Crippen molar-refractivity contribution in [3.63, 3.8) is 0 Å². The molecule has 4 heteroatoms. The van der Waals surface area contributed by atoms with E-state index in [1.807, 2.05) is 25.9 Å². The molecule has 1 rings (SSSR count). The van der Waals surface area contributed by atoms with Gasteiger partial charge in [0.25, 0.3) is 0 Å². The van der Waals surface area contributed by atoms with Gasteiger partial charge in [0.15, 0.2) is 0 Å². The Morgan fingerprint density at radius 3 is 2.53 bits per heavy atom. The molecule has 1 aromatic carbocycles. The molecule has 0 spiro atoms. The Bertz CT molecular complexity index is 378. The van der Waals surface area contributed by atoms with Crippen LogP contribution in [-0.4, -0.2) is 31.6 Å². The zero-order chi connectivity index (χ0) is 13.0. The average Bonchev–Trinajstić information content (AvgIpc) is 2.23. The number of nitrogens with one attached hydrogen (secondary N) is 1. The van der Waals surface area contributed by atoms with E-state index >= 15 is 0 Å². The SMILES string of the molecule is Cc1ccc(F)c(CNC(C)CN(C)C)c1F. The summed E-state index contributed by atoms with van der Waals surface area (Å²) in [6, 6.07) is 2.95. The number of aryl methyl sites for hydroxylation is 1. The van der Waals surface area contributed by atoms with E-state index in [0.717, 1.165) is 6.54 Å². The van der Waals surface area contributed by atoms with Gasteiger partial charge in [-0.2, -0.15) is 0 Å². The second kappa shape index (κ2) is 6.07. The van der Waals surface area contributed by atoms with Crippen LogP contribution in [0.1, 0.15) is 18.1 Å². The highest BCUT2D eigenvalue weighted by molar-refractivity contribution is 5.26. The molecule has 0 bridgehead atoms. The van der Waals surface area contributed by atoms with Crippen molar-refractivity contribution < 1.29 is 8.78 Å². The molecule has 0 fully saturated rings. The van der Waals surface area contributed by atoms with E-state index in [1.54, 1.807) is 6.92 Å². The third-order valence-corrected chi connectivity index (χ3v) is 2.65. The molecule has 1 aromatic rings. The van der Waals surface area contributed by atoms with Crippen LogP contribution in [0.4, 0.5) is 8.78 Å². The maximum atomic E-state index is 13.7. The van der Waals surface area contributed by atoms with E-state index in [-0.39, 0.29) is 18.2 Å². The number of benzene rings is 1. The van der Waals surface area contributed by atoms with E-state index in [9.17, 15) is 8.78 Å². The Labute approximate surface area is 102 Å². The molecule has 1 atom stereocenters. The Morgan fingerprint density at radius 1 is 1.29 bits per heavy atom. The molecule has 17 heavy (non-hydrogen) atoms. The van der Waals surface area contributed by atoms with E-state index < -0.39 is 11.6 Å². The van der Waals surface area contributed by atoms with Crippen molar-refractivity contribution in [1.29, 1.82) is 0 Å². The van der Waals surface area contributed by atoms with Crippen LogP contribution in [-0.2, 0) is 6.54 Å². The van der Waals surface area contributed by atoms with E-state index in [2.05, 4.69) is 5.32 Å². The summed E-state index contributed by atoms with van der Waals surface area (Å²) in [6.45, 7) is 4.68. The van der Waals surface area contributed by atoms with Gasteiger partial charge >= 0.3 is 0 Å². The average molecular weight is 242 g/mol. The topological polar surface area (TPSA) is 15.3 Å². The number of likely N-dealkylation sites (N-methyl/N-ethyl adjacent to an activating group) is 1. The number of hydrogen-bond acceptors (Lipinski definition) is 2. The van der Waals surface area contributed by atoms with Crippen LogP contribution in [0.25, 0.3) is 0 Å². The molecular formula is C13H20F2N2. The van der Waals surface area contributed by atoms with Crippen LogP contribution < -0.4 is 5.32 Å². The minimum atomic E-state index is -0.488. The van der Waals surface area contributed by atoms with Gasteiger partial charge in [0.2, 0.25) is 0 Å². The molecule has 0 aliphatic heterocycles. The first-order valence-corrected chi connectivity index (χ1v) is 5.73. The molecule has 0 aliphatic carbocycles. The number of hydrogen-bond donors (Lipinski definition) is 1. The quantitative estimate of drug-likeness (QED) is 0.852. The smallest absolute Gasteiger partial charge is 0.133 e. The zero-order valence-electron chi connectivity index (χ0n) is 10.8. The molecule has 96 valence electrons. The summed E-state index contributed by atoms with van der Waals surface area (Å²) in [7, 11) is 3.93. The minimum Gasteiger partial charge on any atom is -0.309 e. The Hall–Kier alpha value is -1.00. The minimum absolute atomic E-state index is 0.121. The van der Waals surface area contributed by atoms with Gasteiger partial charge < -0.3 is 10.2 Å². The Kier molecular flexibility index (Phi) is 5.02. The van der Waals surface area contributed by atoms with Crippen LogP contribution in [0.5, 0.6) is 0 Å². The first kappa shape index (κ1) is 14.1. The molecule has 0 aliphatic rings. The fourth-order valence-corrected chi connectivity index (χ4v) is 1.77. The van der Waals surface area contributed by atoms with Gasteiger partial charge in [-0.1, -0.05) is 6.07 Å². The summed E-state index contributed by atoms with van der Waals surface area (Å²) < 4.78 is 27.1. The van der Waals surface area contributed by atoms with Gasteiger partial charge in [0.05, 0.1) is 0 Å². The standard InChI is InChI=1S/C13H20F2N2/c1-9-5-6-12(14)11(13(9)15)7-16-10(2)8-17(3)4/h5-6,10,16H,7-8H2,1-4H3. The van der Waals surface area contributed by atoms with Crippen LogP contribution in [0.15, 0.2) is 12.1 Å². The molecule has 0 saturated heterocycles. The number of rotatable bonds is 5. The second-order valence-electron chi connectivity index (χ2n) is 4.70. The van der Waals surface area contributed by atoms with Gasteiger partial charge in [0.1, 0.15) is 11.6 Å². The maximum Gasteiger partial charge on any atom is 0.133 e. The highest BCUT2D eigenvalue weighted by atomic mass is 19.1. The van der Waals surface area contributed by atoms with E-state index in [0.29, 0.717) is 5.56 Å². The van der Waals surface area contributed by atoms with Crippen molar-refractivity contribution in [3.05, 3.63) is 34.9 Å². The highest BCUT2D eigenvalue weighted by Gasteiger charge is 2.12. The van der Waals surface area contributed by atoms with Crippen LogP contribution >= 0.6 is 0 Å².